The summed E-state index contributed by atoms with van der Waals surface area (Å²) >= 11 is 5.85. The van der Waals surface area contributed by atoms with Crippen LogP contribution in [0.15, 0.2) is 30.3 Å². The van der Waals surface area contributed by atoms with E-state index in [2.05, 4.69) is 42.4 Å². The van der Waals surface area contributed by atoms with Crippen LogP contribution in [0.4, 0.5) is 4.39 Å². The van der Waals surface area contributed by atoms with Crippen LogP contribution in [0, 0.1) is 19.7 Å². The molecule has 9 heteroatoms. The molecule has 4 unspecified atom stereocenters. The second-order valence-corrected chi connectivity index (χ2v) is 11.3. The lowest BCUT2D eigenvalue weighted by atomic mass is 9.80. The fourth-order valence-corrected chi connectivity index (χ4v) is 6.44. The number of benzene rings is 2. The minimum Gasteiger partial charge on any atom is -0.491 e. The monoisotopic (exact) mass is 543 g/mol. The van der Waals surface area contributed by atoms with E-state index in [0.717, 1.165) is 30.6 Å². The number of hydrogen-bond acceptors (Lipinski definition) is 5. The number of carbonyl (C=O) groups is 2. The topological polar surface area (TPSA) is 79.7 Å². The van der Waals surface area contributed by atoms with E-state index in [4.69, 9.17) is 21.1 Å². The van der Waals surface area contributed by atoms with Crippen molar-refractivity contribution >= 4 is 23.4 Å². The number of likely N-dealkylation sites (tertiary alicyclic amines) is 1. The molecule has 38 heavy (non-hydrogen) atoms. The van der Waals surface area contributed by atoms with Crippen molar-refractivity contribution in [2.45, 2.75) is 76.7 Å². The van der Waals surface area contributed by atoms with Crippen molar-refractivity contribution in [2.24, 2.45) is 0 Å². The van der Waals surface area contributed by atoms with Crippen LogP contribution in [0.5, 0.6) is 5.75 Å². The molecule has 2 saturated heterocycles. The average Bonchev–Trinajstić information content (AvgIpc) is 3.34. The van der Waals surface area contributed by atoms with E-state index in [1.807, 2.05) is 13.0 Å². The van der Waals surface area contributed by atoms with Gasteiger partial charge in [-0.05, 0) is 87.9 Å². The molecule has 0 aromatic heterocycles. The van der Waals surface area contributed by atoms with Crippen LogP contribution in [0.2, 0.25) is 5.02 Å². The third kappa shape index (κ3) is 5.01. The maximum atomic E-state index is 13.5. The van der Waals surface area contributed by atoms with Gasteiger partial charge in [-0.1, -0.05) is 17.7 Å². The Bertz CT molecular complexity index is 1250. The molecule has 5 rings (SSSR count). The molecule has 0 bridgehead atoms. The molecule has 2 N–H and O–H groups in total. The van der Waals surface area contributed by atoms with Gasteiger partial charge in [-0.15, -0.1) is 0 Å². The molecule has 204 valence electrons. The molecule has 0 radical (unpaired) electrons. The average molecular weight is 544 g/mol. The summed E-state index contributed by atoms with van der Waals surface area (Å²) in [6.07, 6.45) is 2.98. The fraction of sp³-hybridized carbons (Fsp3) is 0.517. The maximum absolute atomic E-state index is 13.5. The summed E-state index contributed by atoms with van der Waals surface area (Å²) in [4.78, 5) is 26.6. The van der Waals surface area contributed by atoms with Crippen LogP contribution in [-0.4, -0.2) is 60.2 Å². The van der Waals surface area contributed by atoms with E-state index in [1.54, 1.807) is 0 Å². The van der Waals surface area contributed by atoms with Gasteiger partial charge in [0.1, 0.15) is 30.9 Å². The molecule has 3 fully saturated rings. The first-order valence-electron chi connectivity index (χ1n) is 13.3. The molecular formula is C29H35ClFN3O4. The molecule has 3 aliphatic rings. The predicted octanol–water partition coefficient (Wildman–Crippen LogP) is 4.48. The Morgan fingerprint density at radius 3 is 2.74 bits per heavy atom. The van der Waals surface area contributed by atoms with E-state index in [-0.39, 0.29) is 47.2 Å². The van der Waals surface area contributed by atoms with Crippen LogP contribution in [0.3, 0.4) is 0 Å². The van der Waals surface area contributed by atoms with Crippen LogP contribution in [-0.2, 0) is 9.53 Å². The molecule has 2 aromatic carbocycles. The van der Waals surface area contributed by atoms with Gasteiger partial charge in [0.05, 0.1) is 5.02 Å². The van der Waals surface area contributed by atoms with Gasteiger partial charge in [-0.25, -0.2) is 4.39 Å². The molecule has 6 atom stereocenters. The zero-order chi connectivity index (χ0) is 27.2. The molecule has 1 saturated carbocycles. The van der Waals surface area contributed by atoms with E-state index < -0.39 is 5.82 Å². The number of halogens is 2. The highest BCUT2D eigenvalue weighted by Gasteiger charge is 2.70. The summed E-state index contributed by atoms with van der Waals surface area (Å²) < 4.78 is 25.1. The summed E-state index contributed by atoms with van der Waals surface area (Å²) in [5.41, 5.74) is 4.06. The van der Waals surface area contributed by atoms with Gasteiger partial charge in [0, 0.05) is 35.8 Å². The van der Waals surface area contributed by atoms with Crippen molar-refractivity contribution in [3.63, 3.8) is 0 Å². The molecule has 2 aromatic rings. The number of carbonyl (C=O) groups excluding carboxylic acids is 2. The normalized spacial score (nSPS) is 27.4. The van der Waals surface area contributed by atoms with Crippen molar-refractivity contribution in [3.05, 3.63) is 63.4 Å². The summed E-state index contributed by atoms with van der Waals surface area (Å²) in [6.45, 7) is 9.42. The lowest BCUT2D eigenvalue weighted by Crippen LogP contribution is -2.45. The minimum absolute atomic E-state index is 0.0308. The first kappa shape index (κ1) is 26.9. The fourth-order valence-electron chi connectivity index (χ4n) is 6.26. The van der Waals surface area contributed by atoms with Crippen molar-refractivity contribution in [1.29, 1.82) is 0 Å². The molecule has 7 nitrogen and oxygen atoms in total. The predicted molar refractivity (Wildman–Crippen MR) is 143 cm³/mol. The number of rotatable bonds is 9. The number of ether oxygens (including phenoxy) is 2. The molecular weight excluding hydrogens is 509 g/mol. The Morgan fingerprint density at radius 1 is 1.29 bits per heavy atom. The van der Waals surface area contributed by atoms with Crippen LogP contribution in [0.1, 0.15) is 66.2 Å². The number of fused-ring (bicyclic) bond motifs is 1. The molecule has 2 heterocycles. The van der Waals surface area contributed by atoms with Crippen LogP contribution in [0.25, 0.3) is 0 Å². The second kappa shape index (κ2) is 10.5. The van der Waals surface area contributed by atoms with Gasteiger partial charge in [0.15, 0.2) is 0 Å². The highest BCUT2D eigenvalue weighted by atomic mass is 35.5. The lowest BCUT2D eigenvalue weighted by molar-refractivity contribution is -0.134. The number of nitrogens with one attached hydrogen (secondary N) is 2. The molecule has 0 spiro atoms. The Labute approximate surface area is 228 Å². The van der Waals surface area contributed by atoms with Gasteiger partial charge in [-0.2, -0.15) is 0 Å². The van der Waals surface area contributed by atoms with Crippen molar-refractivity contribution in [1.82, 2.24) is 15.5 Å². The summed E-state index contributed by atoms with van der Waals surface area (Å²) in [5.74, 6) is -0.0360. The number of hydrogen-bond donors (Lipinski definition) is 2. The van der Waals surface area contributed by atoms with Crippen LogP contribution < -0.4 is 15.4 Å². The van der Waals surface area contributed by atoms with Crippen molar-refractivity contribution in [2.75, 3.05) is 19.8 Å². The zero-order valence-electron chi connectivity index (χ0n) is 22.3. The SMILES string of the molecule is Cc1c(OC[C@H]2CNC(=O)CO2)ccc(C(C)N2[C@@H]3CCC32CC(C)NC(=O)c2ccc(F)c(Cl)c2)c1C. The van der Waals surface area contributed by atoms with Gasteiger partial charge in [-0.3, -0.25) is 14.5 Å². The van der Waals surface area contributed by atoms with E-state index in [0.29, 0.717) is 24.8 Å². The maximum Gasteiger partial charge on any atom is 0.251 e. The largest absolute Gasteiger partial charge is 0.491 e. The number of amides is 2. The van der Waals surface area contributed by atoms with Crippen LogP contribution >= 0.6 is 11.6 Å². The highest BCUT2D eigenvalue weighted by Crippen LogP contribution is 2.63. The second-order valence-electron chi connectivity index (χ2n) is 10.9. The Balaban J connectivity index is 1.20. The van der Waals surface area contributed by atoms with Crippen molar-refractivity contribution in [3.8, 4) is 5.75 Å². The molecule has 1 aliphatic carbocycles. The first-order valence-corrected chi connectivity index (χ1v) is 13.6. The third-order valence-corrected chi connectivity index (χ3v) is 8.81. The zero-order valence-corrected chi connectivity index (χ0v) is 23.0. The lowest BCUT2D eigenvalue weighted by Gasteiger charge is -2.28. The Hall–Kier alpha value is -2.68. The quantitative estimate of drug-likeness (QED) is 0.456. The Kier molecular flexibility index (Phi) is 7.42. The van der Waals surface area contributed by atoms with Crippen molar-refractivity contribution < 1.29 is 23.5 Å². The van der Waals surface area contributed by atoms with E-state index in [9.17, 15) is 14.0 Å². The smallest absolute Gasteiger partial charge is 0.251 e. The van der Waals surface area contributed by atoms with Gasteiger partial charge in [0.2, 0.25) is 5.91 Å². The first-order chi connectivity index (χ1) is 18.1. The molecule has 2 amide bonds. The third-order valence-electron chi connectivity index (χ3n) is 8.52. The summed E-state index contributed by atoms with van der Waals surface area (Å²) in [7, 11) is 0. The standard InChI is InChI=1S/C29H35ClFN3O4/c1-16(33-28(36)20-5-7-24(31)23(30)11-20)12-29-10-9-26(29)34(29)19(4)22-6-8-25(18(3)17(22)2)38-14-21-13-32-27(35)15-37-21/h5-8,11,16,19,21,26H,9-10,12-15H2,1-4H3,(H,32,35)(H,33,36)/t16?,19?,21-,26-,29?,34?/m1/s1. The van der Waals surface area contributed by atoms with E-state index >= 15 is 0 Å². The highest BCUT2D eigenvalue weighted by molar-refractivity contribution is 6.31. The van der Waals surface area contributed by atoms with Gasteiger partial charge < -0.3 is 20.1 Å². The van der Waals surface area contributed by atoms with Gasteiger partial charge in [0.25, 0.3) is 5.91 Å². The summed E-state index contributed by atoms with van der Waals surface area (Å²) in [5, 5.41) is 5.82. The Morgan fingerprint density at radius 2 is 2.08 bits per heavy atom. The number of nitrogens with zero attached hydrogens (tertiary/aromatic N) is 1. The van der Waals surface area contributed by atoms with E-state index in [1.165, 1.54) is 29.3 Å². The summed E-state index contributed by atoms with van der Waals surface area (Å²) in [6, 6.07) is 8.96. The minimum atomic E-state index is -0.534. The molecule has 2 aliphatic heterocycles. The number of morpholine rings is 1. The van der Waals surface area contributed by atoms with Gasteiger partial charge >= 0.3 is 0 Å².